The zero-order valence-corrected chi connectivity index (χ0v) is 51.0. The number of aliphatic hydroxyl groups excluding tert-OH is 2. The summed E-state index contributed by atoms with van der Waals surface area (Å²) in [5.41, 5.74) is 3.21. The number of ether oxygens (including phenoxy) is 8. The van der Waals surface area contributed by atoms with E-state index in [0.29, 0.717) is 96.2 Å². The molecule has 23 nitrogen and oxygen atoms in total. The van der Waals surface area contributed by atoms with E-state index in [1.165, 1.54) is 0 Å². The van der Waals surface area contributed by atoms with Crippen LogP contribution in [0.2, 0.25) is 0 Å². The van der Waals surface area contributed by atoms with E-state index in [-0.39, 0.29) is 131 Å². The molecular weight excluding hydrogens is 1130 g/mol. The highest BCUT2D eigenvalue weighted by Crippen LogP contribution is 2.70. The maximum Gasteiger partial charge on any atom is 0.243 e. The fraction of sp³-hybridized carbons (Fsp3) is 0.631. The molecule has 23 heteroatoms. The van der Waals surface area contributed by atoms with Gasteiger partial charge in [0.15, 0.2) is 23.5 Å². The SMILES string of the molecule is CCCC1O[C@@H]2C[C@H]3[C@@H]4CCC5=CC(=O)C=C[C@]5(C)[C@H]4[C@@H](O)C[C@]3(C)[C@]2(C(=O)COC2CCCN2C(=O)CNC(=O)CCOCCOCCOCCOCCNC(=O)CCC(=O)N2Cc3ccccc3-c3nnn(CCOCCO)c3-c3ccccc32)O1. The third-order valence-electron chi connectivity index (χ3n) is 19.1. The summed E-state index contributed by atoms with van der Waals surface area (Å²) in [6.45, 7) is 9.81. The average molecular weight is 1220 g/mol. The topological polar surface area (TPSA) is 278 Å². The van der Waals surface area contributed by atoms with Crippen LogP contribution in [0.1, 0.15) is 97.0 Å². The molecule has 10 atom stereocenters. The molecule has 0 bridgehead atoms. The molecular formula is C65H87N7O16. The van der Waals surface area contributed by atoms with Gasteiger partial charge in [-0.15, -0.1) is 5.10 Å². The lowest BCUT2D eigenvalue weighted by Gasteiger charge is -2.59. The number of aliphatic hydroxyl groups is 2. The van der Waals surface area contributed by atoms with Crippen LogP contribution in [0, 0.1) is 28.6 Å². The molecule has 3 aliphatic heterocycles. The number of amides is 4. The fourth-order valence-electron chi connectivity index (χ4n) is 15.0. The standard InChI is InChI=1S/C65H87N7O16/c1-4-10-59-87-53-38-49-47-17-16-44-37-45(74)20-22-63(44,2)60(47)51(75)39-64(49,3)65(53,88-59)52(76)42-86-58-15-9-24-70(58)57(80)40-67-55(78)21-27-81-31-33-84-35-36-85-34-32-82-28-23-66-54(77)18-19-56(79)71-41-43-11-5-6-12-46(43)61-62(48-13-7-8-14-50(48)71)72(69-68-61)25-29-83-30-26-73/h5-8,11-14,20,22,37,47,49,51,53,58-60,73,75H,4,9-10,15-19,21,23-36,38-42H2,1-3H3,(H,66,77)(H,67,78)/t47-,49-,51-,53+,58?,59?,60+,63-,64-,65+/m0/s1. The summed E-state index contributed by atoms with van der Waals surface area (Å²) in [6.07, 6.45) is 8.08. The van der Waals surface area contributed by atoms with Gasteiger partial charge >= 0.3 is 0 Å². The summed E-state index contributed by atoms with van der Waals surface area (Å²) in [6, 6.07) is 15.4. The van der Waals surface area contributed by atoms with E-state index in [1.807, 2.05) is 61.5 Å². The Morgan fingerprint density at radius 2 is 1.53 bits per heavy atom. The monoisotopic (exact) mass is 1220 g/mol. The first-order chi connectivity index (χ1) is 42.7. The van der Waals surface area contributed by atoms with Gasteiger partial charge in [-0.2, -0.15) is 0 Å². The summed E-state index contributed by atoms with van der Waals surface area (Å²) in [5.74, 6) is -1.38. The molecule has 1 aromatic heterocycles. The zero-order valence-electron chi connectivity index (χ0n) is 51.0. The van der Waals surface area contributed by atoms with Crippen LogP contribution in [0.15, 0.2) is 72.3 Å². The summed E-state index contributed by atoms with van der Waals surface area (Å²) >= 11 is 0. The molecule has 3 aromatic rings. The fourth-order valence-corrected chi connectivity index (χ4v) is 15.0. The third kappa shape index (κ3) is 13.9. The van der Waals surface area contributed by atoms with Crippen LogP contribution in [0.5, 0.6) is 0 Å². The maximum atomic E-state index is 14.8. The highest BCUT2D eigenvalue weighted by molar-refractivity contribution is 6.02. The van der Waals surface area contributed by atoms with Crippen LogP contribution in [-0.2, 0) is 79.8 Å². The van der Waals surface area contributed by atoms with Crippen molar-refractivity contribution in [3.8, 4) is 22.5 Å². The van der Waals surface area contributed by atoms with Crippen molar-refractivity contribution >= 4 is 40.9 Å². The van der Waals surface area contributed by atoms with Crippen molar-refractivity contribution < 1.29 is 76.9 Å². The molecule has 478 valence electrons. The number of allylic oxidation sites excluding steroid dienone is 4. The number of carbonyl (C=O) groups is 6. The lowest BCUT2D eigenvalue weighted by atomic mass is 9.46. The molecule has 5 fully saturated rings. The Labute approximate surface area is 514 Å². The number of fused-ring (bicyclic) bond motifs is 12. The van der Waals surface area contributed by atoms with E-state index in [4.69, 9.17) is 43.0 Å². The van der Waals surface area contributed by atoms with Gasteiger partial charge in [0.05, 0.1) is 116 Å². The van der Waals surface area contributed by atoms with Gasteiger partial charge in [0.25, 0.3) is 0 Å². The smallest absolute Gasteiger partial charge is 0.243 e. The van der Waals surface area contributed by atoms with Gasteiger partial charge in [-0.05, 0) is 80.6 Å². The molecule has 4 N–H and O–H groups in total. The number of anilines is 1. The molecule has 88 heavy (non-hydrogen) atoms. The summed E-state index contributed by atoms with van der Waals surface area (Å²) in [5, 5.41) is 35.8. The van der Waals surface area contributed by atoms with Crippen molar-refractivity contribution in [2.75, 3.05) is 104 Å². The first kappa shape index (κ1) is 64.9. The van der Waals surface area contributed by atoms with Crippen molar-refractivity contribution in [3.05, 3.63) is 77.9 Å². The lowest BCUT2D eigenvalue weighted by Crippen LogP contribution is -2.63. The zero-order chi connectivity index (χ0) is 61.8. The normalized spacial score (nSPS) is 27.4. The average Bonchev–Trinajstić information content (AvgIpc) is 1.47. The van der Waals surface area contributed by atoms with E-state index in [0.717, 1.165) is 47.2 Å². The Bertz CT molecular complexity index is 3030. The van der Waals surface area contributed by atoms with Gasteiger partial charge in [0, 0.05) is 60.2 Å². The molecule has 4 aliphatic carbocycles. The van der Waals surface area contributed by atoms with Gasteiger partial charge in [-0.25, -0.2) is 4.68 Å². The Morgan fingerprint density at radius 1 is 0.818 bits per heavy atom. The second-order valence-corrected chi connectivity index (χ2v) is 24.4. The second-order valence-electron chi connectivity index (χ2n) is 24.4. The first-order valence-electron chi connectivity index (χ1n) is 31.5. The molecule has 10 rings (SSSR count). The van der Waals surface area contributed by atoms with Gasteiger partial charge in [-0.1, -0.05) is 86.5 Å². The first-order valence-corrected chi connectivity index (χ1v) is 31.5. The molecule has 2 aromatic carbocycles. The number of benzene rings is 2. The van der Waals surface area contributed by atoms with Crippen molar-refractivity contribution in [2.45, 2.75) is 135 Å². The maximum absolute atomic E-state index is 14.8. The van der Waals surface area contributed by atoms with Crippen LogP contribution in [0.25, 0.3) is 22.5 Å². The van der Waals surface area contributed by atoms with Gasteiger partial charge in [0.2, 0.25) is 23.6 Å². The van der Waals surface area contributed by atoms with E-state index >= 15 is 0 Å². The Kier molecular flexibility index (Phi) is 21.9. The predicted octanol–water partition coefficient (Wildman–Crippen LogP) is 4.64. The number of rotatable bonds is 31. The summed E-state index contributed by atoms with van der Waals surface area (Å²) < 4.78 is 49.4. The van der Waals surface area contributed by atoms with Crippen molar-refractivity contribution in [3.63, 3.8) is 0 Å². The lowest BCUT2D eigenvalue weighted by molar-refractivity contribution is -0.203. The number of hydrogen-bond acceptors (Lipinski definition) is 18. The summed E-state index contributed by atoms with van der Waals surface area (Å²) in [4.78, 5) is 83.5. The molecule has 3 saturated carbocycles. The van der Waals surface area contributed by atoms with Crippen LogP contribution in [-0.4, -0.2) is 195 Å². The number of hydrogen-bond donors (Lipinski definition) is 4. The van der Waals surface area contributed by atoms with Gasteiger partial charge in [-0.3, -0.25) is 28.8 Å². The number of aromatic nitrogens is 3. The number of para-hydroxylation sites is 1. The molecule has 4 amide bonds. The van der Waals surface area contributed by atoms with Crippen molar-refractivity contribution in [2.24, 2.45) is 28.6 Å². The number of nitrogens with one attached hydrogen (secondary N) is 2. The second kappa shape index (κ2) is 29.7. The van der Waals surface area contributed by atoms with Crippen LogP contribution >= 0.6 is 0 Å². The predicted molar refractivity (Wildman–Crippen MR) is 320 cm³/mol. The number of nitrogens with zero attached hydrogens (tertiary/aromatic N) is 5. The molecule has 0 radical (unpaired) electrons. The Balaban J connectivity index is 0.565. The number of likely N-dealkylation sites (tertiary alicyclic amines) is 1. The third-order valence-corrected chi connectivity index (χ3v) is 19.1. The minimum absolute atomic E-state index is 0.00141. The van der Waals surface area contributed by atoms with E-state index in [9.17, 15) is 33.9 Å². The highest BCUT2D eigenvalue weighted by atomic mass is 16.7. The van der Waals surface area contributed by atoms with Crippen molar-refractivity contribution in [1.82, 2.24) is 30.5 Å². The molecule has 2 unspecified atom stereocenters. The number of carbonyl (C=O) groups excluding carboxylic acids is 6. The summed E-state index contributed by atoms with van der Waals surface area (Å²) in [7, 11) is 0. The van der Waals surface area contributed by atoms with Gasteiger partial charge < -0.3 is 68.5 Å². The Hall–Kier alpha value is -6.12. The number of Topliss-reactive ketones (excluding diaryl/α,β-unsaturated/α-hetero) is 1. The minimum atomic E-state index is -1.33. The quantitative estimate of drug-likeness (QED) is 0.0639. The van der Waals surface area contributed by atoms with E-state index in [2.05, 4.69) is 34.8 Å². The van der Waals surface area contributed by atoms with E-state index in [1.54, 1.807) is 26.6 Å². The van der Waals surface area contributed by atoms with Crippen LogP contribution in [0.3, 0.4) is 0 Å². The molecule has 4 heterocycles. The Morgan fingerprint density at radius 3 is 2.31 bits per heavy atom. The molecule has 2 saturated heterocycles. The van der Waals surface area contributed by atoms with E-state index < -0.39 is 41.2 Å². The molecule has 7 aliphatic rings. The minimum Gasteiger partial charge on any atom is -0.394 e. The van der Waals surface area contributed by atoms with Gasteiger partial charge in [0.1, 0.15) is 18.5 Å². The highest BCUT2D eigenvalue weighted by Gasteiger charge is 2.76. The van der Waals surface area contributed by atoms with Crippen molar-refractivity contribution in [1.29, 1.82) is 0 Å². The molecule has 0 spiro atoms. The number of ketones is 2. The largest absolute Gasteiger partial charge is 0.394 e. The van der Waals surface area contributed by atoms with Crippen LogP contribution < -0.4 is 15.5 Å². The van der Waals surface area contributed by atoms with Crippen LogP contribution in [0.4, 0.5) is 5.69 Å².